The van der Waals surface area contributed by atoms with Gasteiger partial charge in [0, 0.05) is 25.3 Å². The zero-order chi connectivity index (χ0) is 13.9. The summed E-state index contributed by atoms with van der Waals surface area (Å²) in [5, 5.41) is 0. The van der Waals surface area contributed by atoms with E-state index in [0.717, 1.165) is 37.2 Å². The zero-order valence-electron chi connectivity index (χ0n) is 11.5. The van der Waals surface area contributed by atoms with Gasteiger partial charge in [0.15, 0.2) is 0 Å². The van der Waals surface area contributed by atoms with Gasteiger partial charge in [-0.1, -0.05) is 24.3 Å². The standard InChI is InChI=1S/C17H19FN2/c18-16-7-8-17(15(10-16)11-19)20-9-3-6-13-4-1-2-5-14(13)12-20/h1-2,4-5,7-8,10H,3,6,9,11-12,19H2. The van der Waals surface area contributed by atoms with Crippen molar-refractivity contribution in [1.29, 1.82) is 0 Å². The number of aryl methyl sites for hydroxylation is 1. The van der Waals surface area contributed by atoms with Crippen LogP contribution in [0.5, 0.6) is 0 Å². The van der Waals surface area contributed by atoms with Crippen LogP contribution in [0.3, 0.4) is 0 Å². The number of hydrogen-bond acceptors (Lipinski definition) is 2. The third-order valence-electron chi connectivity index (χ3n) is 3.96. The van der Waals surface area contributed by atoms with Crippen molar-refractivity contribution in [1.82, 2.24) is 0 Å². The molecule has 3 heteroatoms. The summed E-state index contributed by atoms with van der Waals surface area (Å²) in [7, 11) is 0. The smallest absolute Gasteiger partial charge is 0.123 e. The third kappa shape index (κ3) is 2.54. The summed E-state index contributed by atoms with van der Waals surface area (Å²) >= 11 is 0. The number of nitrogens with zero attached hydrogens (tertiary/aromatic N) is 1. The Kier molecular flexibility index (Phi) is 3.70. The van der Waals surface area contributed by atoms with Gasteiger partial charge in [-0.3, -0.25) is 0 Å². The molecule has 2 nitrogen and oxygen atoms in total. The second-order valence-electron chi connectivity index (χ2n) is 5.27. The fourth-order valence-electron chi connectivity index (χ4n) is 2.93. The summed E-state index contributed by atoms with van der Waals surface area (Å²) in [6.45, 7) is 2.22. The Hall–Kier alpha value is -1.87. The van der Waals surface area contributed by atoms with E-state index in [1.54, 1.807) is 6.07 Å². The number of halogens is 1. The first-order valence-electron chi connectivity index (χ1n) is 7.08. The fourth-order valence-corrected chi connectivity index (χ4v) is 2.93. The highest BCUT2D eigenvalue weighted by molar-refractivity contribution is 5.55. The molecule has 2 aromatic carbocycles. The second-order valence-corrected chi connectivity index (χ2v) is 5.27. The van der Waals surface area contributed by atoms with Crippen molar-refractivity contribution in [2.24, 2.45) is 5.73 Å². The van der Waals surface area contributed by atoms with Crippen molar-refractivity contribution >= 4 is 5.69 Å². The van der Waals surface area contributed by atoms with Crippen molar-refractivity contribution < 1.29 is 4.39 Å². The number of rotatable bonds is 2. The Labute approximate surface area is 119 Å². The summed E-state index contributed by atoms with van der Waals surface area (Å²) in [6, 6.07) is 13.5. The molecule has 0 fully saturated rings. The third-order valence-corrected chi connectivity index (χ3v) is 3.96. The summed E-state index contributed by atoms with van der Waals surface area (Å²) in [4.78, 5) is 2.31. The van der Waals surface area contributed by atoms with Crippen LogP contribution in [-0.4, -0.2) is 6.54 Å². The largest absolute Gasteiger partial charge is 0.367 e. The van der Waals surface area contributed by atoms with Crippen LogP contribution in [0, 0.1) is 5.82 Å². The second kappa shape index (κ2) is 5.63. The molecule has 0 amide bonds. The van der Waals surface area contributed by atoms with Crippen LogP contribution in [0.1, 0.15) is 23.1 Å². The molecule has 0 atom stereocenters. The molecule has 0 radical (unpaired) electrons. The van der Waals surface area contributed by atoms with Crippen molar-refractivity contribution in [3.05, 3.63) is 65.0 Å². The predicted molar refractivity (Wildman–Crippen MR) is 80.1 cm³/mol. The normalized spacial score (nSPS) is 14.8. The van der Waals surface area contributed by atoms with Crippen LogP contribution in [0.4, 0.5) is 10.1 Å². The minimum Gasteiger partial charge on any atom is -0.367 e. The van der Waals surface area contributed by atoms with Gasteiger partial charge in [0.2, 0.25) is 0 Å². The minimum atomic E-state index is -0.218. The molecule has 0 aliphatic carbocycles. The van der Waals surface area contributed by atoms with Crippen LogP contribution >= 0.6 is 0 Å². The van der Waals surface area contributed by atoms with Crippen LogP contribution in [0.15, 0.2) is 42.5 Å². The number of fused-ring (bicyclic) bond motifs is 1. The molecule has 0 saturated heterocycles. The van der Waals surface area contributed by atoms with E-state index in [2.05, 4.69) is 29.2 Å². The van der Waals surface area contributed by atoms with Crippen LogP contribution < -0.4 is 10.6 Å². The maximum Gasteiger partial charge on any atom is 0.123 e. The Balaban J connectivity index is 1.95. The molecule has 2 N–H and O–H groups in total. The molecule has 1 aliphatic heterocycles. The van der Waals surface area contributed by atoms with Gasteiger partial charge in [0.25, 0.3) is 0 Å². The predicted octanol–water partition coefficient (Wildman–Crippen LogP) is 3.24. The lowest BCUT2D eigenvalue weighted by Gasteiger charge is -2.25. The lowest BCUT2D eigenvalue weighted by Crippen LogP contribution is -2.24. The summed E-state index contributed by atoms with van der Waals surface area (Å²) < 4.78 is 13.3. The van der Waals surface area contributed by atoms with Crippen molar-refractivity contribution in [2.75, 3.05) is 11.4 Å². The maximum atomic E-state index is 13.3. The van der Waals surface area contributed by atoms with Crippen molar-refractivity contribution in [2.45, 2.75) is 25.9 Å². The lowest BCUT2D eigenvalue weighted by atomic mass is 10.0. The first-order valence-corrected chi connectivity index (χ1v) is 7.08. The first-order chi connectivity index (χ1) is 9.78. The molecule has 1 aliphatic rings. The number of benzene rings is 2. The van der Waals surface area contributed by atoms with E-state index >= 15 is 0 Å². The molecule has 1 heterocycles. The van der Waals surface area contributed by atoms with E-state index < -0.39 is 0 Å². The van der Waals surface area contributed by atoms with Gasteiger partial charge in [-0.05, 0) is 47.7 Å². The Morgan fingerprint density at radius 1 is 1.10 bits per heavy atom. The van der Waals surface area contributed by atoms with Crippen LogP contribution in [0.25, 0.3) is 0 Å². The lowest BCUT2D eigenvalue weighted by molar-refractivity contribution is 0.624. The van der Waals surface area contributed by atoms with E-state index in [-0.39, 0.29) is 5.82 Å². The highest BCUT2D eigenvalue weighted by Crippen LogP contribution is 2.27. The van der Waals surface area contributed by atoms with Gasteiger partial charge >= 0.3 is 0 Å². The van der Waals surface area contributed by atoms with E-state index in [0.29, 0.717) is 6.54 Å². The van der Waals surface area contributed by atoms with Gasteiger partial charge in [0.1, 0.15) is 5.82 Å². The average molecular weight is 270 g/mol. The fraction of sp³-hybridized carbons (Fsp3) is 0.294. The summed E-state index contributed by atoms with van der Waals surface area (Å²) in [5.41, 5.74) is 10.5. The average Bonchev–Trinajstić information content (AvgIpc) is 2.69. The quantitative estimate of drug-likeness (QED) is 0.907. The monoisotopic (exact) mass is 270 g/mol. The van der Waals surface area contributed by atoms with Crippen molar-refractivity contribution in [3.63, 3.8) is 0 Å². The summed E-state index contributed by atoms with van der Waals surface area (Å²) in [5.74, 6) is -0.218. The Morgan fingerprint density at radius 2 is 1.90 bits per heavy atom. The number of hydrogen-bond donors (Lipinski definition) is 1. The number of anilines is 1. The van der Waals surface area contributed by atoms with E-state index in [9.17, 15) is 4.39 Å². The van der Waals surface area contributed by atoms with Gasteiger partial charge < -0.3 is 10.6 Å². The Bertz CT molecular complexity index is 610. The molecule has 104 valence electrons. The van der Waals surface area contributed by atoms with Crippen molar-refractivity contribution in [3.8, 4) is 0 Å². The molecular weight excluding hydrogens is 251 g/mol. The van der Waals surface area contributed by atoms with Crippen LogP contribution in [0.2, 0.25) is 0 Å². The molecule has 20 heavy (non-hydrogen) atoms. The van der Waals surface area contributed by atoms with E-state index in [1.165, 1.54) is 17.2 Å². The SMILES string of the molecule is NCc1cc(F)ccc1N1CCCc2ccccc2C1. The molecule has 0 aromatic heterocycles. The summed E-state index contributed by atoms with van der Waals surface area (Å²) in [6.07, 6.45) is 2.21. The molecule has 0 bridgehead atoms. The molecule has 2 aromatic rings. The van der Waals surface area contributed by atoms with Gasteiger partial charge in [0.05, 0.1) is 0 Å². The zero-order valence-corrected chi connectivity index (χ0v) is 11.5. The minimum absolute atomic E-state index is 0.218. The molecular formula is C17H19FN2. The van der Waals surface area contributed by atoms with Crippen LogP contribution in [-0.2, 0) is 19.5 Å². The first kappa shape index (κ1) is 13.1. The van der Waals surface area contributed by atoms with Gasteiger partial charge in [-0.2, -0.15) is 0 Å². The molecule has 0 saturated carbocycles. The highest BCUT2D eigenvalue weighted by atomic mass is 19.1. The molecule has 0 unspecified atom stereocenters. The molecule has 0 spiro atoms. The Morgan fingerprint density at radius 3 is 2.70 bits per heavy atom. The topological polar surface area (TPSA) is 29.3 Å². The van der Waals surface area contributed by atoms with E-state index in [1.807, 2.05) is 6.07 Å². The van der Waals surface area contributed by atoms with Gasteiger partial charge in [-0.25, -0.2) is 4.39 Å². The highest BCUT2D eigenvalue weighted by Gasteiger charge is 2.16. The molecule has 3 rings (SSSR count). The van der Waals surface area contributed by atoms with E-state index in [4.69, 9.17) is 5.73 Å². The number of nitrogens with two attached hydrogens (primary N) is 1. The maximum absolute atomic E-state index is 13.3. The van der Waals surface area contributed by atoms with Gasteiger partial charge in [-0.15, -0.1) is 0 Å².